The third-order valence-electron chi connectivity index (χ3n) is 4.37. The van der Waals surface area contributed by atoms with Gasteiger partial charge in [0.05, 0.1) is 18.1 Å². The van der Waals surface area contributed by atoms with Crippen molar-refractivity contribution in [2.75, 3.05) is 7.11 Å². The van der Waals surface area contributed by atoms with Crippen LogP contribution in [0.5, 0.6) is 5.75 Å². The third-order valence-corrected chi connectivity index (χ3v) is 4.37. The van der Waals surface area contributed by atoms with Gasteiger partial charge in [0.1, 0.15) is 17.6 Å². The first kappa shape index (κ1) is 16.3. The number of hydrogen-bond acceptors (Lipinski definition) is 4. The Morgan fingerprint density at radius 1 is 1.29 bits per heavy atom. The lowest BCUT2D eigenvalue weighted by Gasteiger charge is -2.21. The molecular weight excluding hydrogens is 306 g/mol. The molecule has 24 heavy (non-hydrogen) atoms. The van der Waals surface area contributed by atoms with E-state index in [1.54, 1.807) is 25.3 Å². The van der Waals surface area contributed by atoms with Crippen molar-refractivity contribution in [2.45, 2.75) is 38.1 Å². The van der Waals surface area contributed by atoms with Gasteiger partial charge < -0.3 is 14.5 Å². The van der Waals surface area contributed by atoms with Gasteiger partial charge in [-0.2, -0.15) is 0 Å². The molecule has 1 aromatic heterocycles. The molecule has 0 aliphatic heterocycles. The van der Waals surface area contributed by atoms with E-state index in [2.05, 4.69) is 5.32 Å². The van der Waals surface area contributed by atoms with Gasteiger partial charge in [0.25, 0.3) is 0 Å². The second-order valence-electron chi connectivity index (χ2n) is 6.06. The average Bonchev–Trinajstić information content (AvgIpc) is 2.61. The van der Waals surface area contributed by atoms with Crippen LogP contribution < -0.4 is 15.5 Å². The van der Waals surface area contributed by atoms with E-state index in [1.165, 1.54) is 24.8 Å². The number of fused-ring (bicyclic) bond motifs is 1. The maximum Gasteiger partial charge on any atom is 0.244 e. The Hall–Kier alpha value is -2.56. The van der Waals surface area contributed by atoms with Crippen LogP contribution >= 0.6 is 0 Å². The van der Waals surface area contributed by atoms with E-state index >= 15 is 0 Å². The number of ether oxygens (including phenoxy) is 1. The zero-order valence-electron chi connectivity index (χ0n) is 13.7. The quantitative estimate of drug-likeness (QED) is 0.875. The molecule has 1 heterocycles. The maximum absolute atomic E-state index is 12.4. The lowest BCUT2D eigenvalue weighted by molar-refractivity contribution is -0.117. The van der Waals surface area contributed by atoms with E-state index in [9.17, 15) is 9.59 Å². The maximum atomic E-state index is 12.4. The fourth-order valence-corrected chi connectivity index (χ4v) is 3.03. The second-order valence-corrected chi connectivity index (χ2v) is 6.06. The van der Waals surface area contributed by atoms with E-state index in [-0.39, 0.29) is 17.4 Å². The first-order chi connectivity index (χ1) is 11.7. The number of nitrogens with one attached hydrogen (secondary N) is 1. The summed E-state index contributed by atoms with van der Waals surface area (Å²) in [5.74, 6) is 0.455. The van der Waals surface area contributed by atoms with Crippen LogP contribution in [0, 0.1) is 0 Å². The molecule has 1 fully saturated rings. The van der Waals surface area contributed by atoms with Crippen molar-refractivity contribution in [1.29, 1.82) is 0 Å². The van der Waals surface area contributed by atoms with Gasteiger partial charge in [-0.15, -0.1) is 0 Å². The fourth-order valence-electron chi connectivity index (χ4n) is 3.03. The van der Waals surface area contributed by atoms with Crippen molar-refractivity contribution in [3.8, 4) is 5.75 Å². The molecule has 1 aromatic carbocycles. The highest BCUT2D eigenvalue weighted by atomic mass is 16.5. The molecule has 0 bridgehead atoms. The SMILES string of the molecule is COc1ccc2c(=O)c(/C=C/C(=O)NC3CCCCC3)coc2c1. The molecular formula is C19H21NO4. The molecule has 0 saturated heterocycles. The van der Waals surface area contributed by atoms with Crippen LogP contribution in [-0.4, -0.2) is 19.1 Å². The summed E-state index contributed by atoms with van der Waals surface area (Å²) in [6.07, 6.45) is 9.89. The van der Waals surface area contributed by atoms with Crippen LogP contribution in [0.3, 0.4) is 0 Å². The van der Waals surface area contributed by atoms with Crippen LogP contribution in [0.4, 0.5) is 0 Å². The predicted molar refractivity (Wildman–Crippen MR) is 93.1 cm³/mol. The molecule has 0 atom stereocenters. The lowest BCUT2D eigenvalue weighted by Crippen LogP contribution is -2.35. The highest BCUT2D eigenvalue weighted by molar-refractivity contribution is 5.92. The second kappa shape index (κ2) is 7.34. The summed E-state index contributed by atoms with van der Waals surface area (Å²) >= 11 is 0. The monoisotopic (exact) mass is 327 g/mol. The zero-order valence-corrected chi connectivity index (χ0v) is 13.7. The predicted octanol–water partition coefficient (Wildman–Crippen LogP) is 3.26. The standard InChI is InChI=1S/C19H21NO4/c1-23-15-8-9-16-17(11-15)24-12-13(19(16)22)7-10-18(21)20-14-5-3-2-4-6-14/h7-12,14H,2-6H2,1H3,(H,20,21)/b10-7+. The van der Waals surface area contributed by atoms with Crippen LogP contribution in [0.25, 0.3) is 17.0 Å². The number of hydrogen-bond donors (Lipinski definition) is 1. The van der Waals surface area contributed by atoms with Gasteiger partial charge in [-0.05, 0) is 31.1 Å². The first-order valence-corrected chi connectivity index (χ1v) is 8.25. The van der Waals surface area contributed by atoms with Crippen molar-refractivity contribution in [3.05, 3.63) is 46.3 Å². The van der Waals surface area contributed by atoms with Gasteiger partial charge >= 0.3 is 0 Å². The molecule has 5 nitrogen and oxygen atoms in total. The zero-order chi connectivity index (χ0) is 16.9. The van der Waals surface area contributed by atoms with Gasteiger partial charge in [-0.3, -0.25) is 9.59 Å². The molecule has 3 rings (SSSR count). The Labute approximate surface area is 140 Å². The number of methoxy groups -OCH3 is 1. The lowest BCUT2D eigenvalue weighted by atomic mass is 9.95. The Kier molecular flexibility index (Phi) is 4.99. The number of rotatable bonds is 4. The Balaban J connectivity index is 1.75. The van der Waals surface area contributed by atoms with Gasteiger partial charge in [0, 0.05) is 18.2 Å². The summed E-state index contributed by atoms with van der Waals surface area (Å²) in [6.45, 7) is 0. The minimum Gasteiger partial charge on any atom is -0.497 e. The van der Waals surface area contributed by atoms with E-state index in [1.807, 2.05) is 0 Å². The van der Waals surface area contributed by atoms with E-state index in [4.69, 9.17) is 9.15 Å². The highest BCUT2D eigenvalue weighted by Crippen LogP contribution is 2.19. The number of benzene rings is 1. The van der Waals surface area contributed by atoms with Gasteiger partial charge in [0.2, 0.25) is 5.91 Å². The topological polar surface area (TPSA) is 68.5 Å². The van der Waals surface area contributed by atoms with E-state index in [0.717, 1.165) is 25.7 Å². The van der Waals surface area contributed by atoms with Crippen molar-refractivity contribution in [3.63, 3.8) is 0 Å². The number of carbonyl (C=O) groups excluding carboxylic acids is 1. The molecule has 5 heteroatoms. The number of amides is 1. The molecule has 1 aliphatic carbocycles. The van der Waals surface area contributed by atoms with Gasteiger partial charge in [0.15, 0.2) is 5.43 Å². The summed E-state index contributed by atoms with van der Waals surface area (Å²) in [5.41, 5.74) is 0.648. The Bertz CT molecular complexity index is 816. The van der Waals surface area contributed by atoms with Gasteiger partial charge in [-0.25, -0.2) is 0 Å². The summed E-state index contributed by atoms with van der Waals surface area (Å²) in [4.78, 5) is 24.4. The molecule has 1 saturated carbocycles. The molecule has 0 spiro atoms. The molecule has 2 aromatic rings. The average molecular weight is 327 g/mol. The van der Waals surface area contributed by atoms with Crippen LogP contribution in [0.1, 0.15) is 37.7 Å². The summed E-state index contributed by atoms with van der Waals surface area (Å²) in [5, 5.41) is 3.45. The molecule has 1 amide bonds. The van der Waals surface area contributed by atoms with Crippen molar-refractivity contribution in [2.24, 2.45) is 0 Å². The smallest absolute Gasteiger partial charge is 0.244 e. The molecule has 126 valence electrons. The molecule has 0 radical (unpaired) electrons. The van der Waals surface area contributed by atoms with Gasteiger partial charge in [-0.1, -0.05) is 19.3 Å². The minimum atomic E-state index is -0.170. The van der Waals surface area contributed by atoms with Crippen LogP contribution in [-0.2, 0) is 4.79 Å². The summed E-state index contributed by atoms with van der Waals surface area (Å²) in [7, 11) is 1.56. The normalized spacial score (nSPS) is 15.7. The first-order valence-electron chi connectivity index (χ1n) is 8.25. The summed E-state index contributed by atoms with van der Waals surface area (Å²) < 4.78 is 10.6. The van der Waals surface area contributed by atoms with Crippen molar-refractivity contribution in [1.82, 2.24) is 5.32 Å². The third kappa shape index (κ3) is 3.67. The van der Waals surface area contributed by atoms with Crippen molar-refractivity contribution >= 4 is 23.0 Å². The molecule has 0 unspecified atom stereocenters. The van der Waals surface area contributed by atoms with E-state index in [0.29, 0.717) is 22.3 Å². The van der Waals surface area contributed by atoms with E-state index < -0.39 is 0 Å². The highest BCUT2D eigenvalue weighted by Gasteiger charge is 2.14. The Morgan fingerprint density at radius 3 is 2.83 bits per heavy atom. The number of carbonyl (C=O) groups is 1. The molecule has 1 N–H and O–H groups in total. The minimum absolute atomic E-state index is 0.166. The van der Waals surface area contributed by atoms with Crippen molar-refractivity contribution < 1.29 is 13.9 Å². The van der Waals surface area contributed by atoms with Crippen LogP contribution in [0.15, 0.2) is 39.7 Å². The molecule has 1 aliphatic rings. The fraction of sp³-hybridized carbons (Fsp3) is 0.368. The summed E-state index contributed by atoms with van der Waals surface area (Å²) in [6, 6.07) is 5.29. The van der Waals surface area contributed by atoms with Crippen LogP contribution in [0.2, 0.25) is 0 Å². The Morgan fingerprint density at radius 2 is 2.08 bits per heavy atom. The largest absolute Gasteiger partial charge is 0.497 e.